The van der Waals surface area contributed by atoms with Crippen LogP contribution < -0.4 is 20.5 Å². The van der Waals surface area contributed by atoms with E-state index in [-0.39, 0.29) is 18.4 Å². The zero-order chi connectivity index (χ0) is 33.9. The van der Waals surface area contributed by atoms with Crippen molar-refractivity contribution in [1.82, 2.24) is 14.9 Å². The number of aliphatic hydroxyl groups is 2. The smallest absolute Gasteiger partial charge is 0.190 e. The van der Waals surface area contributed by atoms with Gasteiger partial charge in [0.05, 0.1) is 23.7 Å². The summed E-state index contributed by atoms with van der Waals surface area (Å²) < 4.78 is 14.6. The fourth-order valence-corrected chi connectivity index (χ4v) is 7.29. The molecule has 9 nitrogen and oxygen atoms in total. The number of benzene rings is 2. The first kappa shape index (κ1) is 33.0. The number of H-pyrrole nitrogens is 1. The van der Waals surface area contributed by atoms with E-state index in [1.54, 1.807) is 0 Å². The Morgan fingerprint density at radius 1 is 1.12 bits per heavy atom. The van der Waals surface area contributed by atoms with Gasteiger partial charge in [-0.15, -0.1) is 0 Å². The molecular formula is C40H44N4O5. The van der Waals surface area contributed by atoms with Crippen LogP contribution in [0.1, 0.15) is 104 Å². The number of aliphatic hydroxyl groups excluding tert-OH is 2. The van der Waals surface area contributed by atoms with Crippen molar-refractivity contribution in [3.8, 4) is 35.4 Å². The van der Waals surface area contributed by atoms with Gasteiger partial charge < -0.3 is 35.0 Å². The number of Topliss-reactive ketones (excluding diaryl/α,β-unsaturated/α-hetero) is 1. The number of nitrogens with zero attached hydrogens (tertiary/aromatic N) is 1. The molecule has 2 aromatic carbocycles. The average molecular weight is 661 g/mol. The number of rotatable bonds is 9. The van der Waals surface area contributed by atoms with E-state index in [2.05, 4.69) is 47.3 Å². The van der Waals surface area contributed by atoms with Gasteiger partial charge in [-0.2, -0.15) is 0 Å². The number of fused-ring (bicyclic) bond motifs is 7. The Hall–Kier alpha value is -4.51. The summed E-state index contributed by atoms with van der Waals surface area (Å²) in [5.74, 6) is 10.2. The van der Waals surface area contributed by atoms with Gasteiger partial charge in [-0.3, -0.25) is 10.1 Å². The van der Waals surface area contributed by atoms with Gasteiger partial charge in [-0.05, 0) is 64.8 Å². The number of nitrogens with two attached hydrogens (primary N) is 1. The standard InChI is InChI=1S/C40H44N4O5/c1-2-3-4-7-28(45)21-29(46)11-8-25-9-15-37-38(19-25)49-40-26(6-5-18-48-37)10-14-36(47)31-12-13-32-30(16-17-42-39(32)41)33(31)20-27-22-43-35-24-44(40)23-34(27)35/h9,12-13,15,19,22-24,26,28,36,39-40,42-43,45,47H,2-4,6-8,11,16-17,20-21,41H2,1H3. The number of unbranched alkanes of at least 4 members (excludes halogenated alkanes) is 2. The van der Waals surface area contributed by atoms with Crippen LogP contribution in [0.3, 0.4) is 0 Å². The molecule has 0 spiro atoms. The zero-order valence-electron chi connectivity index (χ0n) is 27.9. The van der Waals surface area contributed by atoms with E-state index in [4.69, 9.17) is 15.2 Å². The molecule has 5 atom stereocenters. The van der Waals surface area contributed by atoms with E-state index in [1.165, 1.54) is 5.56 Å². The monoisotopic (exact) mass is 660 g/mol. The lowest BCUT2D eigenvalue weighted by molar-refractivity contribution is -0.121. The van der Waals surface area contributed by atoms with E-state index in [0.717, 1.165) is 70.9 Å². The Morgan fingerprint density at radius 3 is 2.88 bits per heavy atom. The van der Waals surface area contributed by atoms with Crippen LogP contribution in [0.2, 0.25) is 0 Å². The molecule has 254 valence electrons. The van der Waals surface area contributed by atoms with Crippen molar-refractivity contribution in [3.63, 3.8) is 0 Å². The van der Waals surface area contributed by atoms with Gasteiger partial charge >= 0.3 is 0 Å². The number of aryl methyl sites for hydroxylation is 1. The third-order valence-corrected chi connectivity index (χ3v) is 9.99. The largest absolute Gasteiger partial charge is 0.465 e. The maximum Gasteiger partial charge on any atom is 0.190 e. The summed E-state index contributed by atoms with van der Waals surface area (Å²) in [6, 6.07) is 9.62. The molecule has 0 saturated heterocycles. The number of carbonyl (C=O) groups excluding carboxylic acids is 1. The summed E-state index contributed by atoms with van der Waals surface area (Å²) in [6.07, 6.45) is 13.1. The topological polar surface area (TPSA) is 135 Å². The van der Waals surface area contributed by atoms with Crippen molar-refractivity contribution in [1.29, 1.82) is 0 Å². The fourth-order valence-electron chi connectivity index (χ4n) is 7.29. The van der Waals surface area contributed by atoms with Gasteiger partial charge in [0.2, 0.25) is 0 Å². The Bertz CT molecular complexity index is 1970. The molecule has 5 heterocycles. The number of ether oxygens (including phenoxy) is 2. The third kappa shape index (κ3) is 7.13. The van der Waals surface area contributed by atoms with E-state index in [9.17, 15) is 15.0 Å². The third-order valence-electron chi connectivity index (χ3n) is 9.99. The second-order valence-corrected chi connectivity index (χ2v) is 13.5. The molecular weight excluding hydrogens is 616 g/mol. The molecule has 0 radical (unpaired) electrons. The number of aromatic amines is 1. The number of nitrogens with one attached hydrogen (secondary N) is 2. The SMILES string of the molecule is CCCCCC(O)CC(=O)CCc1ccc2c(c1)OC1C(C#CC(O)c3ccc4c(c3Cc3c[nH]c5cn1cc35)CCNC4N)CC#CO2. The van der Waals surface area contributed by atoms with Crippen molar-refractivity contribution in [3.05, 3.63) is 82.3 Å². The van der Waals surface area contributed by atoms with Gasteiger partial charge in [0.15, 0.2) is 17.7 Å². The molecule has 2 aromatic heterocycles. The molecule has 3 aliphatic rings. The maximum absolute atomic E-state index is 12.7. The summed E-state index contributed by atoms with van der Waals surface area (Å²) >= 11 is 0. The number of carbonyl (C=O) groups is 1. The number of hydrogen-bond donors (Lipinski definition) is 5. The quantitative estimate of drug-likeness (QED) is 0.119. The lowest BCUT2D eigenvalue weighted by Crippen LogP contribution is -2.36. The molecule has 0 amide bonds. The number of hydrogen-bond acceptors (Lipinski definition) is 7. The van der Waals surface area contributed by atoms with Gasteiger partial charge in [0, 0.05) is 56.2 Å². The van der Waals surface area contributed by atoms with Crippen LogP contribution in [0.4, 0.5) is 0 Å². The molecule has 2 bridgehead atoms. The molecule has 7 rings (SSSR count). The molecule has 5 unspecified atom stereocenters. The lowest BCUT2D eigenvalue weighted by atomic mass is 9.85. The Balaban J connectivity index is 1.20. The van der Waals surface area contributed by atoms with Gasteiger partial charge in [0.1, 0.15) is 18.0 Å². The summed E-state index contributed by atoms with van der Waals surface area (Å²) in [5.41, 5.74) is 13.5. The predicted octanol–water partition coefficient (Wildman–Crippen LogP) is 5.48. The molecule has 0 saturated carbocycles. The van der Waals surface area contributed by atoms with Crippen LogP contribution in [-0.2, 0) is 24.1 Å². The van der Waals surface area contributed by atoms with Crippen LogP contribution in [0, 0.1) is 29.8 Å². The summed E-state index contributed by atoms with van der Waals surface area (Å²) in [4.78, 5) is 16.1. The van der Waals surface area contributed by atoms with E-state index in [0.29, 0.717) is 43.6 Å². The highest BCUT2D eigenvalue weighted by molar-refractivity contribution is 5.83. The maximum atomic E-state index is 12.7. The van der Waals surface area contributed by atoms with Crippen molar-refractivity contribution in [2.24, 2.45) is 11.7 Å². The number of aromatic nitrogens is 2. The van der Waals surface area contributed by atoms with Crippen molar-refractivity contribution in [2.75, 3.05) is 6.54 Å². The Kier molecular flexibility index (Phi) is 9.79. The second kappa shape index (κ2) is 14.5. The number of ketones is 1. The van der Waals surface area contributed by atoms with Crippen LogP contribution >= 0.6 is 0 Å². The van der Waals surface area contributed by atoms with Gasteiger partial charge in [-0.25, -0.2) is 0 Å². The average Bonchev–Trinajstić information content (AvgIpc) is 3.70. The van der Waals surface area contributed by atoms with Crippen molar-refractivity contribution >= 4 is 16.7 Å². The summed E-state index contributed by atoms with van der Waals surface area (Å²) in [6.45, 7) is 2.90. The Labute approximate surface area is 287 Å². The second-order valence-electron chi connectivity index (χ2n) is 13.5. The normalized spacial score (nSPS) is 21.6. The molecule has 0 aliphatic carbocycles. The van der Waals surface area contributed by atoms with Gasteiger partial charge in [0.25, 0.3) is 0 Å². The van der Waals surface area contributed by atoms with Crippen molar-refractivity contribution < 1.29 is 24.5 Å². The van der Waals surface area contributed by atoms with Crippen LogP contribution in [0.15, 0.2) is 48.9 Å². The van der Waals surface area contributed by atoms with E-state index >= 15 is 0 Å². The zero-order valence-corrected chi connectivity index (χ0v) is 27.9. The molecule has 6 N–H and O–H groups in total. The lowest BCUT2D eigenvalue weighted by Gasteiger charge is -2.28. The van der Waals surface area contributed by atoms with Crippen LogP contribution in [0.5, 0.6) is 11.5 Å². The van der Waals surface area contributed by atoms with E-state index in [1.807, 2.05) is 47.3 Å². The minimum absolute atomic E-state index is 0.0450. The minimum Gasteiger partial charge on any atom is -0.465 e. The first-order valence-corrected chi connectivity index (χ1v) is 17.5. The molecule has 3 aliphatic heterocycles. The highest BCUT2D eigenvalue weighted by Gasteiger charge is 2.29. The first-order valence-electron chi connectivity index (χ1n) is 17.5. The molecule has 49 heavy (non-hydrogen) atoms. The highest BCUT2D eigenvalue weighted by atomic mass is 16.5. The molecule has 0 fully saturated rings. The minimum atomic E-state index is -1.01. The highest BCUT2D eigenvalue weighted by Crippen LogP contribution is 2.38. The van der Waals surface area contributed by atoms with E-state index < -0.39 is 24.4 Å². The predicted molar refractivity (Wildman–Crippen MR) is 188 cm³/mol. The first-order chi connectivity index (χ1) is 23.9. The van der Waals surface area contributed by atoms with Crippen LogP contribution in [0.25, 0.3) is 10.9 Å². The summed E-state index contributed by atoms with van der Waals surface area (Å²) in [7, 11) is 0. The molecule has 9 heteroatoms. The summed E-state index contributed by atoms with van der Waals surface area (Å²) in [5, 5.41) is 26.3. The van der Waals surface area contributed by atoms with Gasteiger partial charge in [-0.1, -0.05) is 62.1 Å². The van der Waals surface area contributed by atoms with Crippen LogP contribution in [-0.4, -0.2) is 38.2 Å². The Morgan fingerprint density at radius 2 is 2.00 bits per heavy atom. The molecule has 4 aromatic rings. The fraction of sp³-hybridized carbons (Fsp3) is 0.425. The van der Waals surface area contributed by atoms with Crippen molar-refractivity contribution in [2.45, 2.75) is 95.7 Å².